The van der Waals surface area contributed by atoms with Gasteiger partial charge >= 0.3 is 6.03 Å². The molecule has 0 fully saturated rings. The molecule has 0 aliphatic rings. The fraction of sp³-hybridized carbons (Fsp3) is 0.133. The first-order chi connectivity index (χ1) is 9.69. The minimum absolute atomic E-state index is 0.241. The van der Waals surface area contributed by atoms with E-state index in [4.69, 9.17) is 5.73 Å². The molecule has 0 spiro atoms. The molecule has 2 aromatic rings. The van der Waals surface area contributed by atoms with Crippen LogP contribution in [-0.2, 0) is 13.1 Å². The number of para-hydroxylation sites is 1. The lowest BCUT2D eigenvalue weighted by Crippen LogP contribution is -2.28. The first-order valence-corrected chi connectivity index (χ1v) is 7.05. The van der Waals surface area contributed by atoms with Gasteiger partial charge in [-0.3, -0.25) is 0 Å². The average Bonchev–Trinajstić information content (AvgIpc) is 2.48. The van der Waals surface area contributed by atoms with Gasteiger partial charge in [-0.1, -0.05) is 36.4 Å². The maximum Gasteiger partial charge on any atom is 0.319 e. The lowest BCUT2D eigenvalue weighted by molar-refractivity contribution is 0.251. The Hall–Kier alpha value is -1.85. The monoisotopic (exact) mass is 333 g/mol. The minimum atomic E-state index is -0.241. The molecule has 4 N–H and O–H groups in total. The maximum atomic E-state index is 11.8. The van der Waals surface area contributed by atoms with Crippen molar-refractivity contribution in [1.29, 1.82) is 0 Å². The number of hydrogen-bond donors (Lipinski definition) is 3. The normalized spacial score (nSPS) is 10.1. The highest BCUT2D eigenvalue weighted by Gasteiger charge is 2.04. The summed E-state index contributed by atoms with van der Waals surface area (Å²) in [7, 11) is 0. The number of anilines is 1. The number of nitrogens with one attached hydrogen (secondary N) is 2. The van der Waals surface area contributed by atoms with Crippen molar-refractivity contribution in [2.45, 2.75) is 13.1 Å². The molecule has 2 aromatic carbocycles. The molecule has 0 saturated heterocycles. The summed E-state index contributed by atoms with van der Waals surface area (Å²) < 4.78 is 0.847. The predicted octanol–water partition coefficient (Wildman–Crippen LogP) is 3.23. The highest BCUT2D eigenvalue weighted by molar-refractivity contribution is 9.10. The topological polar surface area (TPSA) is 67.1 Å². The minimum Gasteiger partial charge on any atom is -0.334 e. The number of rotatable bonds is 4. The number of nitrogens with two attached hydrogens (primary N) is 1. The molecule has 0 heterocycles. The number of urea groups is 1. The molecule has 2 rings (SSSR count). The van der Waals surface area contributed by atoms with E-state index in [1.54, 1.807) is 0 Å². The van der Waals surface area contributed by atoms with Crippen LogP contribution in [0.3, 0.4) is 0 Å². The Balaban J connectivity index is 1.90. The number of amides is 2. The van der Waals surface area contributed by atoms with Crippen molar-refractivity contribution >= 4 is 27.6 Å². The van der Waals surface area contributed by atoms with Gasteiger partial charge in [0.1, 0.15) is 0 Å². The molecular formula is C15H16BrN3O. The van der Waals surface area contributed by atoms with Gasteiger partial charge in [0, 0.05) is 17.6 Å². The Bertz CT molecular complexity index is 601. The summed E-state index contributed by atoms with van der Waals surface area (Å²) in [4.78, 5) is 11.8. The summed E-state index contributed by atoms with van der Waals surface area (Å²) in [5.74, 6) is 0. The fourth-order valence-corrected chi connectivity index (χ4v) is 2.16. The number of carbonyl (C=O) groups is 1. The summed E-state index contributed by atoms with van der Waals surface area (Å²) in [6, 6.07) is 15.1. The first-order valence-electron chi connectivity index (χ1n) is 6.26. The van der Waals surface area contributed by atoms with Crippen LogP contribution in [0.5, 0.6) is 0 Å². The summed E-state index contributed by atoms with van der Waals surface area (Å²) in [6.07, 6.45) is 0. The zero-order chi connectivity index (χ0) is 14.4. The molecule has 0 bridgehead atoms. The van der Waals surface area contributed by atoms with Crippen LogP contribution in [0.1, 0.15) is 11.1 Å². The van der Waals surface area contributed by atoms with Crippen LogP contribution in [-0.4, -0.2) is 6.03 Å². The third-order valence-corrected chi connectivity index (χ3v) is 3.49. The van der Waals surface area contributed by atoms with Crippen molar-refractivity contribution in [1.82, 2.24) is 5.32 Å². The Morgan fingerprint density at radius 1 is 1.10 bits per heavy atom. The second-order valence-electron chi connectivity index (χ2n) is 4.31. The zero-order valence-electron chi connectivity index (χ0n) is 10.9. The van der Waals surface area contributed by atoms with Crippen LogP contribution in [0.4, 0.5) is 10.5 Å². The molecule has 0 aliphatic carbocycles. The molecule has 4 nitrogen and oxygen atoms in total. The van der Waals surface area contributed by atoms with Crippen molar-refractivity contribution in [3.63, 3.8) is 0 Å². The fourth-order valence-electron chi connectivity index (χ4n) is 1.78. The van der Waals surface area contributed by atoms with Gasteiger partial charge in [-0.25, -0.2) is 4.79 Å². The Labute approximate surface area is 126 Å². The third kappa shape index (κ3) is 4.08. The van der Waals surface area contributed by atoms with E-state index in [1.807, 2.05) is 48.5 Å². The Morgan fingerprint density at radius 3 is 2.60 bits per heavy atom. The summed E-state index contributed by atoms with van der Waals surface area (Å²) in [5, 5.41) is 5.60. The van der Waals surface area contributed by atoms with E-state index in [0.717, 1.165) is 21.3 Å². The van der Waals surface area contributed by atoms with Crippen LogP contribution >= 0.6 is 15.9 Å². The second kappa shape index (κ2) is 7.07. The SMILES string of the molecule is NCc1cccc(CNC(=O)Nc2ccccc2Br)c1. The van der Waals surface area contributed by atoms with Crippen molar-refractivity contribution in [2.24, 2.45) is 5.73 Å². The highest BCUT2D eigenvalue weighted by Crippen LogP contribution is 2.20. The van der Waals surface area contributed by atoms with Gasteiger partial charge in [0.25, 0.3) is 0 Å². The molecule has 0 radical (unpaired) electrons. The maximum absolute atomic E-state index is 11.8. The highest BCUT2D eigenvalue weighted by atomic mass is 79.9. The lowest BCUT2D eigenvalue weighted by atomic mass is 10.1. The molecule has 0 atom stereocenters. The van der Waals surface area contributed by atoms with Crippen LogP contribution in [0.15, 0.2) is 53.0 Å². The van der Waals surface area contributed by atoms with E-state index in [1.165, 1.54) is 0 Å². The van der Waals surface area contributed by atoms with Gasteiger partial charge in [0.05, 0.1) is 5.69 Å². The summed E-state index contributed by atoms with van der Waals surface area (Å²) in [6.45, 7) is 0.959. The molecule has 0 saturated carbocycles. The number of benzene rings is 2. The number of carbonyl (C=O) groups excluding carboxylic acids is 1. The van der Waals surface area contributed by atoms with Crippen molar-refractivity contribution < 1.29 is 4.79 Å². The predicted molar refractivity (Wildman–Crippen MR) is 84.3 cm³/mol. The van der Waals surface area contributed by atoms with E-state index in [9.17, 15) is 4.79 Å². The van der Waals surface area contributed by atoms with Gasteiger partial charge in [-0.05, 0) is 39.2 Å². The molecule has 0 aliphatic heterocycles. The lowest BCUT2D eigenvalue weighted by Gasteiger charge is -2.09. The molecular weight excluding hydrogens is 318 g/mol. The van der Waals surface area contributed by atoms with Crippen molar-refractivity contribution in [2.75, 3.05) is 5.32 Å². The summed E-state index contributed by atoms with van der Waals surface area (Å²) >= 11 is 3.38. The van der Waals surface area contributed by atoms with Crippen LogP contribution in [0.25, 0.3) is 0 Å². The van der Waals surface area contributed by atoms with Gasteiger partial charge in [-0.15, -0.1) is 0 Å². The third-order valence-electron chi connectivity index (χ3n) is 2.80. The van der Waals surface area contributed by atoms with Gasteiger partial charge in [-0.2, -0.15) is 0 Å². The van der Waals surface area contributed by atoms with Crippen molar-refractivity contribution in [3.05, 3.63) is 64.1 Å². The smallest absolute Gasteiger partial charge is 0.319 e. The van der Waals surface area contributed by atoms with Gasteiger partial charge in [0.15, 0.2) is 0 Å². The van der Waals surface area contributed by atoms with Crippen LogP contribution < -0.4 is 16.4 Å². The standard InChI is InChI=1S/C15H16BrN3O/c16-13-6-1-2-7-14(13)19-15(20)18-10-12-5-3-4-11(8-12)9-17/h1-8H,9-10,17H2,(H2,18,19,20). The molecule has 20 heavy (non-hydrogen) atoms. The first kappa shape index (κ1) is 14.6. The van der Waals surface area contributed by atoms with E-state index in [-0.39, 0.29) is 6.03 Å². The van der Waals surface area contributed by atoms with Gasteiger partial charge < -0.3 is 16.4 Å². The average molecular weight is 334 g/mol. The molecule has 2 amide bonds. The van der Waals surface area contributed by atoms with Gasteiger partial charge in [0.2, 0.25) is 0 Å². The quantitative estimate of drug-likeness (QED) is 0.804. The van der Waals surface area contributed by atoms with Crippen LogP contribution in [0.2, 0.25) is 0 Å². The van der Waals surface area contributed by atoms with E-state index < -0.39 is 0 Å². The molecule has 0 unspecified atom stereocenters. The number of halogens is 1. The second-order valence-corrected chi connectivity index (χ2v) is 5.17. The molecule has 0 aromatic heterocycles. The Morgan fingerprint density at radius 2 is 1.85 bits per heavy atom. The van der Waals surface area contributed by atoms with E-state index in [2.05, 4.69) is 26.6 Å². The van der Waals surface area contributed by atoms with E-state index in [0.29, 0.717) is 13.1 Å². The van der Waals surface area contributed by atoms with E-state index >= 15 is 0 Å². The molecule has 5 heteroatoms. The van der Waals surface area contributed by atoms with Crippen molar-refractivity contribution in [3.8, 4) is 0 Å². The number of hydrogen-bond acceptors (Lipinski definition) is 2. The Kier molecular flexibility index (Phi) is 5.15. The zero-order valence-corrected chi connectivity index (χ0v) is 12.5. The molecule has 104 valence electrons. The summed E-state index contributed by atoms with van der Waals surface area (Å²) in [5.41, 5.74) is 8.40. The van der Waals surface area contributed by atoms with Crippen LogP contribution in [0, 0.1) is 0 Å². The largest absolute Gasteiger partial charge is 0.334 e.